The number of hydrogen-bond acceptors (Lipinski definition) is 4. The molecule has 8 nitrogen and oxygen atoms in total. The van der Waals surface area contributed by atoms with Gasteiger partial charge in [-0.05, 0) is 54.1 Å². The molecular formula is C28H22ClFN4O4. The number of amides is 1. The van der Waals surface area contributed by atoms with Gasteiger partial charge in [0.15, 0.2) is 0 Å². The fourth-order valence-corrected chi connectivity index (χ4v) is 4.47. The summed E-state index contributed by atoms with van der Waals surface area (Å²) in [6.07, 6.45) is 0. The van der Waals surface area contributed by atoms with Crippen molar-refractivity contribution in [3.63, 3.8) is 0 Å². The zero-order chi connectivity index (χ0) is 26.8. The summed E-state index contributed by atoms with van der Waals surface area (Å²) in [6, 6.07) is 20.7. The molecule has 2 N–H and O–H groups in total. The predicted octanol–water partition coefficient (Wildman–Crippen LogP) is 4.86. The van der Waals surface area contributed by atoms with Gasteiger partial charge in [0, 0.05) is 18.7 Å². The monoisotopic (exact) mass is 532 g/mol. The molecule has 0 saturated heterocycles. The third kappa shape index (κ3) is 5.09. The number of para-hydroxylation sites is 1. The topological polar surface area (TPSA) is 98.1 Å². The van der Waals surface area contributed by atoms with Crippen LogP contribution >= 0.6 is 11.6 Å². The Morgan fingerprint density at radius 3 is 2.53 bits per heavy atom. The first-order valence-electron chi connectivity index (χ1n) is 11.7. The second kappa shape index (κ2) is 10.4. The maximum atomic E-state index is 13.7. The van der Waals surface area contributed by atoms with Crippen LogP contribution in [0.5, 0.6) is 5.75 Å². The highest BCUT2D eigenvalue weighted by molar-refractivity contribution is 6.32. The molecule has 10 heteroatoms. The lowest BCUT2D eigenvalue weighted by atomic mass is 10.1. The Kier molecular flexibility index (Phi) is 6.85. The van der Waals surface area contributed by atoms with E-state index in [-0.39, 0.29) is 30.0 Å². The van der Waals surface area contributed by atoms with E-state index >= 15 is 0 Å². The number of halogens is 2. The van der Waals surface area contributed by atoms with E-state index in [1.165, 1.54) is 46.5 Å². The van der Waals surface area contributed by atoms with Gasteiger partial charge < -0.3 is 14.6 Å². The van der Waals surface area contributed by atoms with Gasteiger partial charge in [0.05, 0.1) is 33.9 Å². The van der Waals surface area contributed by atoms with Crippen LogP contribution in [0, 0.1) is 5.82 Å². The maximum Gasteiger partial charge on any atom is 0.281 e. The molecule has 5 rings (SSSR count). The van der Waals surface area contributed by atoms with Crippen LogP contribution in [0.2, 0.25) is 5.02 Å². The fraction of sp³-hybridized carbons (Fsp3) is 0.107. The van der Waals surface area contributed by atoms with Crippen LogP contribution in [0.3, 0.4) is 0 Å². The van der Waals surface area contributed by atoms with Gasteiger partial charge in [-0.15, -0.1) is 0 Å². The first-order chi connectivity index (χ1) is 18.3. The van der Waals surface area contributed by atoms with E-state index in [0.29, 0.717) is 33.4 Å². The second-order valence-electron chi connectivity index (χ2n) is 8.63. The van der Waals surface area contributed by atoms with Crippen molar-refractivity contribution in [3.8, 4) is 11.4 Å². The summed E-state index contributed by atoms with van der Waals surface area (Å²) >= 11 is 6.34. The first kappa shape index (κ1) is 25.0. The summed E-state index contributed by atoms with van der Waals surface area (Å²) in [5.74, 6) is -0.262. The number of aromatic nitrogens is 3. The molecule has 2 aromatic heterocycles. The number of fused-ring (bicyclic) bond motifs is 1. The van der Waals surface area contributed by atoms with Gasteiger partial charge in [-0.2, -0.15) is 0 Å². The molecule has 0 aliphatic heterocycles. The Bertz CT molecular complexity index is 1770. The average Bonchev–Trinajstić information content (AvgIpc) is 3.20. The van der Waals surface area contributed by atoms with E-state index in [0.717, 1.165) is 5.56 Å². The molecule has 38 heavy (non-hydrogen) atoms. The zero-order valence-corrected chi connectivity index (χ0v) is 21.0. The number of ether oxygens (including phenoxy) is 1. The molecular weight excluding hydrogens is 511 g/mol. The van der Waals surface area contributed by atoms with Crippen LogP contribution in [-0.2, 0) is 17.9 Å². The van der Waals surface area contributed by atoms with E-state index in [4.69, 9.17) is 16.3 Å². The number of anilines is 1. The molecule has 3 aromatic carbocycles. The van der Waals surface area contributed by atoms with Gasteiger partial charge in [0.25, 0.3) is 11.1 Å². The minimum Gasteiger partial charge on any atom is -0.487 e. The molecule has 5 aromatic rings. The van der Waals surface area contributed by atoms with Crippen LogP contribution in [0.1, 0.15) is 18.2 Å². The molecule has 0 aliphatic carbocycles. The number of rotatable bonds is 7. The molecule has 0 fully saturated rings. The number of pyridine rings is 1. The second-order valence-corrected chi connectivity index (χ2v) is 9.04. The molecule has 0 bridgehead atoms. The van der Waals surface area contributed by atoms with Gasteiger partial charge >= 0.3 is 0 Å². The quantitative estimate of drug-likeness (QED) is 0.313. The van der Waals surface area contributed by atoms with Gasteiger partial charge in [-0.25, -0.2) is 9.07 Å². The predicted molar refractivity (Wildman–Crippen MR) is 144 cm³/mol. The highest BCUT2D eigenvalue weighted by atomic mass is 35.5. The van der Waals surface area contributed by atoms with Crippen molar-refractivity contribution in [2.45, 2.75) is 20.1 Å². The summed E-state index contributed by atoms with van der Waals surface area (Å²) in [5, 5.41) is 6.32. The summed E-state index contributed by atoms with van der Waals surface area (Å²) in [4.78, 5) is 38.5. The normalized spacial score (nSPS) is 11.0. The minimum atomic E-state index is -0.413. The van der Waals surface area contributed by atoms with Gasteiger partial charge in [0.1, 0.15) is 18.2 Å². The number of carbonyl (C=O) groups is 1. The zero-order valence-electron chi connectivity index (χ0n) is 20.2. The van der Waals surface area contributed by atoms with Crippen LogP contribution in [0.4, 0.5) is 10.1 Å². The summed E-state index contributed by atoms with van der Waals surface area (Å²) in [5.41, 5.74) is 1.61. The van der Waals surface area contributed by atoms with Gasteiger partial charge in [0.2, 0.25) is 5.91 Å². The molecule has 2 heterocycles. The molecule has 0 atom stereocenters. The Morgan fingerprint density at radius 2 is 1.79 bits per heavy atom. The van der Waals surface area contributed by atoms with Crippen LogP contribution in [0.15, 0.2) is 88.5 Å². The highest BCUT2D eigenvalue weighted by Gasteiger charge is 2.20. The fourth-order valence-electron chi connectivity index (χ4n) is 4.25. The van der Waals surface area contributed by atoms with E-state index in [9.17, 15) is 18.8 Å². The number of carbonyl (C=O) groups excluding carboxylic acids is 1. The van der Waals surface area contributed by atoms with E-state index in [1.54, 1.807) is 42.5 Å². The lowest BCUT2D eigenvalue weighted by Crippen LogP contribution is -2.26. The average molecular weight is 533 g/mol. The first-order valence-corrected chi connectivity index (χ1v) is 12.0. The van der Waals surface area contributed by atoms with Crippen molar-refractivity contribution in [3.05, 3.63) is 122 Å². The molecule has 0 radical (unpaired) electrons. The summed E-state index contributed by atoms with van der Waals surface area (Å²) < 4.78 is 22.0. The molecule has 0 saturated carbocycles. The largest absolute Gasteiger partial charge is 0.487 e. The molecule has 192 valence electrons. The third-order valence-corrected chi connectivity index (χ3v) is 6.26. The Morgan fingerprint density at radius 1 is 1.03 bits per heavy atom. The van der Waals surface area contributed by atoms with Gasteiger partial charge in [-0.3, -0.25) is 19.5 Å². The number of benzene rings is 3. The number of H-pyrrole nitrogens is 1. The van der Waals surface area contributed by atoms with Gasteiger partial charge in [-0.1, -0.05) is 35.9 Å². The molecule has 0 spiro atoms. The maximum absolute atomic E-state index is 13.7. The standard InChI is InChI=1S/C28H22ClFN4O4/c1-17(35)31-20-6-4-5-18(13-20)15-33-25(16-38-21-11-9-19(30)10-12-21)27-23(14-26(33)36)32-34(28(27)37)24-8-3-2-7-22(24)29/h2-14,32H,15-16H2,1H3,(H,31,35). The summed E-state index contributed by atoms with van der Waals surface area (Å²) in [7, 11) is 0. The highest BCUT2D eigenvalue weighted by Crippen LogP contribution is 2.22. The number of hydrogen-bond donors (Lipinski definition) is 2. The Balaban J connectivity index is 1.65. The van der Waals surface area contributed by atoms with Crippen LogP contribution in [0.25, 0.3) is 16.6 Å². The Labute approximate surface area is 220 Å². The van der Waals surface area contributed by atoms with E-state index in [1.807, 2.05) is 6.07 Å². The summed E-state index contributed by atoms with van der Waals surface area (Å²) in [6.45, 7) is 1.38. The minimum absolute atomic E-state index is 0.112. The Hall–Kier alpha value is -4.63. The van der Waals surface area contributed by atoms with Crippen molar-refractivity contribution >= 4 is 34.1 Å². The SMILES string of the molecule is CC(=O)Nc1cccc(Cn2c(COc3ccc(F)cc3)c3c(=O)n(-c4ccccc4Cl)[nH]c3cc2=O)c1. The van der Waals surface area contributed by atoms with Crippen molar-refractivity contribution in [2.24, 2.45) is 0 Å². The van der Waals surface area contributed by atoms with Crippen molar-refractivity contribution < 1.29 is 13.9 Å². The lowest BCUT2D eigenvalue weighted by molar-refractivity contribution is -0.114. The molecule has 0 aliphatic rings. The molecule has 0 unspecified atom stereocenters. The van der Waals surface area contributed by atoms with E-state index in [2.05, 4.69) is 10.4 Å². The van der Waals surface area contributed by atoms with Crippen molar-refractivity contribution in [1.82, 2.24) is 14.3 Å². The third-order valence-electron chi connectivity index (χ3n) is 5.94. The smallest absolute Gasteiger partial charge is 0.281 e. The molecule has 1 amide bonds. The lowest BCUT2D eigenvalue weighted by Gasteiger charge is -2.15. The van der Waals surface area contributed by atoms with Crippen LogP contribution < -0.4 is 21.2 Å². The number of aromatic amines is 1. The number of nitrogens with one attached hydrogen (secondary N) is 2. The van der Waals surface area contributed by atoms with Crippen molar-refractivity contribution in [2.75, 3.05) is 5.32 Å². The van der Waals surface area contributed by atoms with E-state index < -0.39 is 11.4 Å². The van der Waals surface area contributed by atoms with Crippen LogP contribution in [-0.4, -0.2) is 20.3 Å². The van der Waals surface area contributed by atoms with Crippen molar-refractivity contribution in [1.29, 1.82) is 0 Å². The number of nitrogens with zero attached hydrogens (tertiary/aromatic N) is 2.